The minimum absolute atomic E-state index is 0.0518. The molecule has 3 amide bonds. The fourth-order valence-corrected chi connectivity index (χ4v) is 7.61. The number of halogens is 3. The van der Waals surface area contributed by atoms with Crippen LogP contribution in [0, 0.1) is 10.7 Å². The van der Waals surface area contributed by atoms with Crippen molar-refractivity contribution in [3.63, 3.8) is 0 Å². The molecule has 0 radical (unpaired) electrons. The highest BCUT2D eigenvalue weighted by atomic mass is 127. The fraction of sp³-hybridized carbons (Fsp3) is 0.545. The summed E-state index contributed by atoms with van der Waals surface area (Å²) in [5.74, 6) is -2.97. The Balaban J connectivity index is 3.59. The van der Waals surface area contributed by atoms with Crippen molar-refractivity contribution >= 4 is 97.2 Å². The van der Waals surface area contributed by atoms with Gasteiger partial charge in [0.05, 0.1) is 74.7 Å². The number of carbonyl (C=O) groups is 4. The molecule has 0 fully saturated rings. The van der Waals surface area contributed by atoms with Crippen LogP contribution >= 0.6 is 67.8 Å². The van der Waals surface area contributed by atoms with Crippen LogP contribution in [0.15, 0.2) is 0 Å². The summed E-state index contributed by atoms with van der Waals surface area (Å²) in [5, 5.41) is 64.5. The molecule has 1 aromatic carbocycles. The van der Waals surface area contributed by atoms with Crippen LogP contribution in [0.5, 0.6) is 0 Å². The number of rotatable bonds is 15. The Labute approximate surface area is 264 Å². The summed E-state index contributed by atoms with van der Waals surface area (Å²) in [5.41, 5.74) is -0.0641. The van der Waals surface area contributed by atoms with Crippen molar-refractivity contribution < 1.29 is 54.6 Å². The summed E-state index contributed by atoms with van der Waals surface area (Å²) >= 11 is 5.35. The second kappa shape index (κ2) is 17.8. The largest absolute Gasteiger partial charge is 0.456 e. The average Bonchev–Trinajstić information content (AvgIpc) is 2.88. The Morgan fingerprint density at radius 2 is 1.15 bits per heavy atom. The Morgan fingerprint density at radius 3 is 1.49 bits per heavy atom. The van der Waals surface area contributed by atoms with Crippen LogP contribution in [-0.2, 0) is 14.3 Å². The molecule has 220 valence electrons. The van der Waals surface area contributed by atoms with Crippen molar-refractivity contribution in [3.05, 3.63) is 21.8 Å². The summed E-state index contributed by atoms with van der Waals surface area (Å²) in [6, 6.07) is -1.91. The van der Waals surface area contributed by atoms with Crippen LogP contribution in [0.2, 0.25) is 0 Å². The molecule has 0 spiro atoms. The molecule has 4 atom stereocenters. The number of aliphatic hydroxyl groups excluding tert-OH is 6. The predicted octanol–water partition coefficient (Wildman–Crippen LogP) is -1.33. The minimum atomic E-state index is -1.21. The lowest BCUT2D eigenvalue weighted by atomic mass is 10.0. The van der Waals surface area contributed by atoms with Gasteiger partial charge in [0, 0.05) is 10.5 Å². The highest BCUT2D eigenvalue weighted by Gasteiger charge is 2.31. The number of hydrogen-bond donors (Lipinski definition) is 9. The second-order valence-corrected chi connectivity index (χ2v) is 11.5. The van der Waals surface area contributed by atoms with Gasteiger partial charge in [-0.15, -0.1) is 0 Å². The van der Waals surface area contributed by atoms with Crippen LogP contribution in [0.1, 0.15) is 40.5 Å². The predicted molar refractivity (Wildman–Crippen MR) is 162 cm³/mol. The van der Waals surface area contributed by atoms with E-state index in [0.29, 0.717) is 0 Å². The molecular formula is C22H30I3N3O11. The standard InChI is InChI=1S/C22H30I3N3O11/c1-9(33)39-8-14(36)28-20-18(24)15(21(37)26-10(4-29)2-12(34)6-31)17(23)16(19(20)25)22(38)27-11(5-30)3-13(35)7-32/h10-13,29-32,34-35H,2-8H2,1H3,(H,26,37)(H,27,38)(H,28,36)/t10?,11?,12-,13?/m0/s1. The van der Waals surface area contributed by atoms with Gasteiger partial charge in [-0.05, 0) is 80.6 Å². The zero-order valence-electron chi connectivity index (χ0n) is 20.6. The number of esters is 1. The molecule has 0 aliphatic carbocycles. The molecule has 0 heterocycles. The third-order valence-electron chi connectivity index (χ3n) is 5.09. The first-order chi connectivity index (χ1) is 18.3. The first kappa shape index (κ1) is 36.1. The van der Waals surface area contributed by atoms with Crippen molar-refractivity contribution in [1.29, 1.82) is 0 Å². The molecule has 0 aliphatic heterocycles. The quantitative estimate of drug-likeness (QED) is 0.0740. The van der Waals surface area contributed by atoms with Crippen LogP contribution in [0.4, 0.5) is 5.69 Å². The van der Waals surface area contributed by atoms with Gasteiger partial charge in [-0.3, -0.25) is 19.2 Å². The molecule has 1 rings (SSSR count). The number of amides is 3. The topological polar surface area (TPSA) is 235 Å². The molecule has 0 saturated carbocycles. The molecule has 17 heteroatoms. The summed E-state index contributed by atoms with van der Waals surface area (Å²) in [4.78, 5) is 50.2. The first-order valence-electron chi connectivity index (χ1n) is 11.4. The molecule has 0 aliphatic rings. The molecule has 1 aromatic rings. The molecule has 14 nitrogen and oxygen atoms in total. The highest BCUT2D eigenvalue weighted by molar-refractivity contribution is 14.1. The number of hydrogen-bond acceptors (Lipinski definition) is 11. The van der Waals surface area contributed by atoms with E-state index in [4.69, 9.17) is 14.9 Å². The molecule has 0 aromatic heterocycles. The number of ether oxygens (including phenoxy) is 1. The van der Waals surface area contributed by atoms with E-state index >= 15 is 0 Å². The number of carbonyl (C=O) groups excluding carboxylic acids is 4. The summed E-state index contributed by atoms with van der Waals surface area (Å²) in [6.07, 6.45) is -2.75. The van der Waals surface area contributed by atoms with Crippen molar-refractivity contribution in [3.8, 4) is 0 Å². The average molecular weight is 893 g/mol. The Hall–Kier alpha value is -0.950. The third-order valence-corrected chi connectivity index (χ3v) is 8.32. The fourth-order valence-electron chi connectivity index (χ4n) is 3.19. The van der Waals surface area contributed by atoms with Gasteiger partial charge >= 0.3 is 5.97 Å². The molecule has 0 saturated heterocycles. The monoisotopic (exact) mass is 893 g/mol. The van der Waals surface area contributed by atoms with E-state index in [1.165, 1.54) is 0 Å². The molecule has 0 bridgehead atoms. The van der Waals surface area contributed by atoms with Gasteiger partial charge in [0.15, 0.2) is 6.61 Å². The Kier molecular flexibility index (Phi) is 16.4. The lowest BCUT2D eigenvalue weighted by Gasteiger charge is -2.24. The van der Waals surface area contributed by atoms with Gasteiger partial charge in [0.1, 0.15) is 0 Å². The van der Waals surface area contributed by atoms with Crippen LogP contribution in [-0.4, -0.2) is 112 Å². The van der Waals surface area contributed by atoms with Gasteiger partial charge in [-0.1, -0.05) is 0 Å². The number of anilines is 1. The zero-order valence-corrected chi connectivity index (χ0v) is 27.1. The minimum Gasteiger partial charge on any atom is -0.456 e. The normalized spacial score (nSPS) is 14.1. The maximum absolute atomic E-state index is 13.3. The van der Waals surface area contributed by atoms with Crippen LogP contribution in [0.25, 0.3) is 0 Å². The van der Waals surface area contributed by atoms with Crippen molar-refractivity contribution in [2.75, 3.05) is 38.4 Å². The van der Waals surface area contributed by atoms with Gasteiger partial charge < -0.3 is 51.3 Å². The maximum Gasteiger partial charge on any atom is 0.303 e. The summed E-state index contributed by atoms with van der Waals surface area (Å²) in [6.45, 7) is -1.83. The van der Waals surface area contributed by atoms with Gasteiger partial charge in [-0.25, -0.2) is 0 Å². The van der Waals surface area contributed by atoms with Crippen LogP contribution in [0.3, 0.4) is 0 Å². The zero-order chi connectivity index (χ0) is 29.9. The van der Waals surface area contributed by atoms with Crippen molar-refractivity contribution in [1.82, 2.24) is 10.6 Å². The lowest BCUT2D eigenvalue weighted by Crippen LogP contribution is -2.43. The van der Waals surface area contributed by atoms with Gasteiger partial charge in [-0.2, -0.15) is 0 Å². The van der Waals surface area contributed by atoms with Crippen LogP contribution < -0.4 is 16.0 Å². The van der Waals surface area contributed by atoms with Gasteiger partial charge in [0.2, 0.25) is 0 Å². The van der Waals surface area contributed by atoms with Crippen molar-refractivity contribution in [2.24, 2.45) is 0 Å². The lowest BCUT2D eigenvalue weighted by molar-refractivity contribution is -0.144. The Morgan fingerprint density at radius 1 is 0.744 bits per heavy atom. The van der Waals surface area contributed by atoms with Gasteiger partial charge in [0.25, 0.3) is 17.7 Å². The van der Waals surface area contributed by atoms with E-state index in [-0.39, 0.29) is 40.4 Å². The van der Waals surface area contributed by atoms with E-state index in [1.807, 2.05) is 0 Å². The highest BCUT2D eigenvalue weighted by Crippen LogP contribution is 2.36. The molecule has 39 heavy (non-hydrogen) atoms. The Bertz CT molecular complexity index is 983. The summed E-state index contributed by atoms with van der Waals surface area (Å²) in [7, 11) is 0. The second-order valence-electron chi connectivity index (χ2n) is 8.25. The number of benzene rings is 1. The van der Waals surface area contributed by atoms with Crippen molar-refractivity contribution in [2.45, 2.75) is 44.1 Å². The smallest absolute Gasteiger partial charge is 0.303 e. The van der Waals surface area contributed by atoms with E-state index < -0.39 is 81.0 Å². The maximum atomic E-state index is 13.3. The van der Waals surface area contributed by atoms with E-state index in [1.54, 1.807) is 67.8 Å². The van der Waals surface area contributed by atoms with E-state index in [0.717, 1.165) is 6.92 Å². The number of nitrogens with one attached hydrogen (secondary N) is 3. The third kappa shape index (κ3) is 11.1. The first-order valence-corrected chi connectivity index (χ1v) is 14.6. The molecular weight excluding hydrogens is 863 g/mol. The SMILES string of the molecule is CC(=O)OCC(=O)Nc1c(I)c(C(=O)NC(CO)CC(O)CO)c(I)c(C(=O)NC(CO)C[C@H](O)CO)c1I. The summed E-state index contributed by atoms with van der Waals surface area (Å²) < 4.78 is 5.27. The van der Waals surface area contributed by atoms with E-state index in [2.05, 4.69) is 16.0 Å². The number of aliphatic hydroxyl groups is 6. The molecule has 3 unspecified atom stereocenters. The molecule has 9 N–H and O–H groups in total. The van der Waals surface area contributed by atoms with E-state index in [9.17, 15) is 39.6 Å².